The maximum atomic E-state index is 12.5. The van der Waals surface area contributed by atoms with Crippen LogP contribution in [0.25, 0.3) is 30.5 Å². The monoisotopic (exact) mass is 367 g/mol. The molecule has 0 spiro atoms. The molecule has 0 aliphatic heterocycles. The number of benzene rings is 2. The third-order valence-corrected chi connectivity index (χ3v) is 6.63. The minimum absolute atomic E-state index is 0.121. The summed E-state index contributed by atoms with van der Waals surface area (Å²) in [6.07, 6.45) is 0. The molecule has 0 radical (unpaired) electrons. The van der Waals surface area contributed by atoms with Crippen molar-refractivity contribution in [2.75, 3.05) is 5.32 Å². The molecule has 2 aromatic carbocycles. The normalized spacial score (nSPS) is 11.5. The first kappa shape index (κ1) is 14.0. The lowest BCUT2D eigenvalue weighted by molar-refractivity contribution is 0.103. The Kier molecular flexibility index (Phi) is 3.12. The highest BCUT2D eigenvalue weighted by Gasteiger charge is 2.14. The van der Waals surface area contributed by atoms with Crippen LogP contribution in [0.15, 0.2) is 48.0 Å². The van der Waals surface area contributed by atoms with Gasteiger partial charge in [0.15, 0.2) is 5.13 Å². The van der Waals surface area contributed by atoms with Gasteiger partial charge in [0.05, 0.1) is 25.3 Å². The Hall–Kier alpha value is -2.35. The number of hydrogen-bond donors (Lipinski definition) is 1. The molecule has 0 aliphatic rings. The first-order valence-corrected chi connectivity index (χ1v) is 9.72. The van der Waals surface area contributed by atoms with Gasteiger partial charge in [0.25, 0.3) is 5.91 Å². The van der Waals surface area contributed by atoms with Crippen LogP contribution in [-0.2, 0) is 0 Å². The molecule has 0 bridgehead atoms. The van der Waals surface area contributed by atoms with Crippen molar-refractivity contribution in [3.05, 3.63) is 52.9 Å². The van der Waals surface area contributed by atoms with Gasteiger partial charge in [0, 0.05) is 4.70 Å². The molecule has 0 fully saturated rings. The minimum Gasteiger partial charge on any atom is -0.297 e. The van der Waals surface area contributed by atoms with Gasteiger partial charge in [-0.05, 0) is 29.7 Å². The number of rotatable bonds is 2. The minimum atomic E-state index is -0.121. The number of hydrogen-bond acceptors (Lipinski definition) is 6. The molecular weight excluding hydrogens is 358 g/mol. The van der Waals surface area contributed by atoms with Crippen molar-refractivity contribution in [2.45, 2.75) is 0 Å². The molecule has 0 saturated heterocycles. The summed E-state index contributed by atoms with van der Waals surface area (Å²) in [4.78, 5) is 22.1. The van der Waals surface area contributed by atoms with Crippen molar-refractivity contribution in [2.24, 2.45) is 0 Å². The van der Waals surface area contributed by atoms with Gasteiger partial charge in [-0.3, -0.25) is 10.1 Å². The summed E-state index contributed by atoms with van der Waals surface area (Å²) >= 11 is 4.56. The molecule has 5 rings (SSSR count). The van der Waals surface area contributed by atoms with Crippen molar-refractivity contribution in [1.29, 1.82) is 0 Å². The second-order valence-corrected chi connectivity index (χ2v) is 8.20. The third kappa shape index (κ3) is 2.21. The fourth-order valence-electron chi connectivity index (χ4n) is 2.62. The van der Waals surface area contributed by atoms with Gasteiger partial charge in [-0.15, -0.1) is 22.7 Å². The average molecular weight is 367 g/mol. The van der Waals surface area contributed by atoms with E-state index in [0.29, 0.717) is 10.0 Å². The number of nitrogens with zero attached hydrogens (tertiary/aromatic N) is 2. The second kappa shape index (κ2) is 5.34. The van der Waals surface area contributed by atoms with Gasteiger partial charge in [0.1, 0.15) is 5.52 Å². The van der Waals surface area contributed by atoms with E-state index in [-0.39, 0.29) is 5.91 Å². The zero-order valence-corrected chi connectivity index (χ0v) is 14.6. The number of fused-ring (bicyclic) bond motifs is 4. The highest BCUT2D eigenvalue weighted by Crippen LogP contribution is 2.34. The Morgan fingerprint density at radius 3 is 2.88 bits per heavy atom. The Labute approximate surface area is 148 Å². The second-order valence-electron chi connectivity index (χ2n) is 5.23. The molecule has 0 unspecified atom stereocenters. The van der Waals surface area contributed by atoms with Crippen LogP contribution in [0.5, 0.6) is 0 Å². The molecule has 5 aromatic rings. The number of anilines is 1. The van der Waals surface area contributed by atoms with Crippen molar-refractivity contribution in [1.82, 2.24) is 9.97 Å². The lowest BCUT2D eigenvalue weighted by atomic mass is 10.2. The predicted molar refractivity (Wildman–Crippen MR) is 103 cm³/mol. The van der Waals surface area contributed by atoms with E-state index in [2.05, 4.69) is 15.3 Å². The topological polar surface area (TPSA) is 54.9 Å². The Balaban J connectivity index is 1.52. The molecule has 7 heteroatoms. The van der Waals surface area contributed by atoms with Gasteiger partial charge in [0.2, 0.25) is 0 Å². The smallest absolute Gasteiger partial charge is 0.267 e. The number of thiophene rings is 1. The quantitative estimate of drug-likeness (QED) is 0.456. The van der Waals surface area contributed by atoms with Crippen LogP contribution in [0.2, 0.25) is 0 Å². The SMILES string of the molecule is O=C(Nc1nc2ccc3scnc3c2s1)c1cc2ccccc2s1. The van der Waals surface area contributed by atoms with Gasteiger partial charge >= 0.3 is 0 Å². The Morgan fingerprint density at radius 1 is 1.04 bits per heavy atom. The summed E-state index contributed by atoms with van der Waals surface area (Å²) in [6, 6.07) is 13.9. The van der Waals surface area contributed by atoms with E-state index in [0.717, 1.165) is 30.5 Å². The summed E-state index contributed by atoms with van der Waals surface area (Å²) in [6.45, 7) is 0. The molecule has 1 N–H and O–H groups in total. The number of thiazole rings is 2. The predicted octanol–water partition coefficient (Wildman–Crippen LogP) is 5.37. The molecule has 3 aromatic heterocycles. The Bertz CT molecular complexity index is 1180. The van der Waals surface area contributed by atoms with E-state index in [1.807, 2.05) is 48.0 Å². The summed E-state index contributed by atoms with van der Waals surface area (Å²) in [7, 11) is 0. The molecule has 24 heavy (non-hydrogen) atoms. The molecule has 3 heterocycles. The zero-order chi connectivity index (χ0) is 16.1. The fourth-order valence-corrected chi connectivity index (χ4v) is 5.29. The van der Waals surface area contributed by atoms with E-state index in [1.165, 1.54) is 22.7 Å². The van der Waals surface area contributed by atoms with Crippen molar-refractivity contribution in [3.8, 4) is 0 Å². The maximum absolute atomic E-state index is 12.5. The van der Waals surface area contributed by atoms with E-state index in [1.54, 1.807) is 11.3 Å². The van der Waals surface area contributed by atoms with Crippen LogP contribution in [0, 0.1) is 0 Å². The summed E-state index contributed by atoms with van der Waals surface area (Å²) in [5, 5.41) is 4.61. The van der Waals surface area contributed by atoms with Crippen LogP contribution < -0.4 is 5.32 Å². The largest absolute Gasteiger partial charge is 0.297 e. The van der Waals surface area contributed by atoms with Gasteiger partial charge < -0.3 is 0 Å². The van der Waals surface area contributed by atoms with E-state index in [4.69, 9.17) is 0 Å². The molecule has 0 aliphatic carbocycles. The van der Waals surface area contributed by atoms with Crippen LogP contribution in [0.3, 0.4) is 0 Å². The molecular formula is C17H9N3OS3. The van der Waals surface area contributed by atoms with E-state index >= 15 is 0 Å². The van der Waals surface area contributed by atoms with Crippen LogP contribution in [0.4, 0.5) is 5.13 Å². The third-order valence-electron chi connectivity index (χ3n) is 3.73. The van der Waals surface area contributed by atoms with Crippen LogP contribution >= 0.6 is 34.0 Å². The molecule has 116 valence electrons. The highest BCUT2D eigenvalue weighted by molar-refractivity contribution is 7.24. The summed E-state index contributed by atoms with van der Waals surface area (Å²) in [5.74, 6) is -0.121. The number of amides is 1. The Morgan fingerprint density at radius 2 is 1.96 bits per heavy atom. The summed E-state index contributed by atoms with van der Waals surface area (Å²) in [5.41, 5.74) is 3.65. The number of carbonyl (C=O) groups is 1. The molecule has 1 amide bonds. The van der Waals surface area contributed by atoms with Crippen molar-refractivity contribution in [3.63, 3.8) is 0 Å². The standard InChI is InChI=1S/C17H9N3OS3/c21-16(13-7-9-3-1-2-4-11(9)23-13)20-17-19-10-5-6-12-14(15(10)24-17)18-8-22-12/h1-8H,(H,19,20,21). The van der Waals surface area contributed by atoms with E-state index in [9.17, 15) is 4.79 Å². The van der Waals surface area contributed by atoms with Crippen LogP contribution in [-0.4, -0.2) is 15.9 Å². The van der Waals surface area contributed by atoms with Gasteiger partial charge in [-0.2, -0.15) is 0 Å². The molecule has 4 nitrogen and oxygen atoms in total. The first-order chi connectivity index (χ1) is 11.8. The van der Waals surface area contributed by atoms with Gasteiger partial charge in [-0.25, -0.2) is 9.97 Å². The lowest BCUT2D eigenvalue weighted by Crippen LogP contribution is -2.09. The zero-order valence-electron chi connectivity index (χ0n) is 12.1. The van der Waals surface area contributed by atoms with E-state index < -0.39 is 0 Å². The molecule has 0 atom stereocenters. The number of carbonyl (C=O) groups excluding carboxylic acids is 1. The van der Waals surface area contributed by atoms with Crippen molar-refractivity contribution < 1.29 is 4.79 Å². The first-order valence-electron chi connectivity index (χ1n) is 7.20. The van der Waals surface area contributed by atoms with Crippen molar-refractivity contribution >= 4 is 75.6 Å². The number of aromatic nitrogens is 2. The fraction of sp³-hybridized carbons (Fsp3) is 0. The highest BCUT2D eigenvalue weighted by atomic mass is 32.1. The maximum Gasteiger partial charge on any atom is 0.267 e. The average Bonchev–Trinajstić information content (AvgIpc) is 3.30. The van der Waals surface area contributed by atoms with Gasteiger partial charge in [-0.1, -0.05) is 29.5 Å². The molecule has 0 saturated carbocycles. The summed E-state index contributed by atoms with van der Waals surface area (Å²) < 4.78 is 3.25. The van der Waals surface area contributed by atoms with Crippen LogP contribution in [0.1, 0.15) is 9.67 Å². The lowest BCUT2D eigenvalue weighted by Gasteiger charge is -1.96. The number of nitrogens with one attached hydrogen (secondary N) is 1.